The quantitative estimate of drug-likeness (QED) is 0.806. The second kappa shape index (κ2) is 7.32. The molecule has 1 atom stereocenters. The fourth-order valence-corrected chi connectivity index (χ4v) is 3.19. The largest absolute Gasteiger partial charge is 0.475 e. The van der Waals surface area contributed by atoms with Crippen molar-refractivity contribution in [3.05, 3.63) is 34.9 Å². The average Bonchev–Trinajstić information content (AvgIpc) is 3.10. The summed E-state index contributed by atoms with van der Waals surface area (Å²) in [5, 5.41) is 20.6. The van der Waals surface area contributed by atoms with Gasteiger partial charge in [0.1, 0.15) is 12.6 Å². The Hall–Kier alpha value is -1.39. The molecule has 4 nitrogen and oxygen atoms in total. The molecule has 2 N–H and O–H groups in total. The highest BCUT2D eigenvalue weighted by Gasteiger charge is 2.38. The number of benzene rings is 1. The van der Waals surface area contributed by atoms with Crippen molar-refractivity contribution in [2.24, 2.45) is 4.99 Å². The maximum absolute atomic E-state index is 10.8. The highest BCUT2D eigenvalue weighted by Crippen LogP contribution is 2.32. The van der Waals surface area contributed by atoms with Crippen LogP contribution >= 0.6 is 0 Å². The summed E-state index contributed by atoms with van der Waals surface area (Å²) in [6, 6.07) is 6.11. The van der Waals surface area contributed by atoms with Crippen LogP contribution in [0.3, 0.4) is 0 Å². The minimum absolute atomic E-state index is 0.0254. The Morgan fingerprint density at radius 3 is 2.12 bits per heavy atom. The zero-order valence-electron chi connectivity index (χ0n) is 17.4. The van der Waals surface area contributed by atoms with E-state index in [0.29, 0.717) is 25.3 Å². The fraction of sp³-hybridized carbons (Fsp3) is 0.682. The first-order valence-electron chi connectivity index (χ1n) is 9.67. The molecule has 4 heteroatoms. The van der Waals surface area contributed by atoms with Gasteiger partial charge >= 0.3 is 0 Å². The fourth-order valence-electron chi connectivity index (χ4n) is 3.19. The highest BCUT2D eigenvalue weighted by atomic mass is 16.5. The normalized spacial score (nSPS) is 18.7. The summed E-state index contributed by atoms with van der Waals surface area (Å²) in [5.41, 5.74) is 1.98. The van der Waals surface area contributed by atoms with Gasteiger partial charge in [0, 0.05) is 11.0 Å². The monoisotopic (exact) mass is 361 g/mol. The molecule has 1 aliphatic heterocycles. The lowest BCUT2D eigenvalue weighted by atomic mass is 9.79. The second-order valence-electron chi connectivity index (χ2n) is 9.16. The molecule has 0 spiro atoms. The molecule has 2 rings (SSSR count). The lowest BCUT2D eigenvalue weighted by molar-refractivity contribution is 0.000547. The van der Waals surface area contributed by atoms with Crippen molar-refractivity contribution >= 4 is 5.90 Å². The van der Waals surface area contributed by atoms with Crippen molar-refractivity contribution in [1.82, 2.24) is 0 Å². The van der Waals surface area contributed by atoms with Gasteiger partial charge < -0.3 is 14.9 Å². The molecule has 0 unspecified atom stereocenters. The van der Waals surface area contributed by atoms with Crippen LogP contribution in [0.15, 0.2) is 23.2 Å². The molecule has 0 saturated heterocycles. The molecule has 0 fully saturated rings. The van der Waals surface area contributed by atoms with E-state index in [1.165, 1.54) is 5.56 Å². The summed E-state index contributed by atoms with van der Waals surface area (Å²) in [6.45, 7) is 15.0. The van der Waals surface area contributed by atoms with Gasteiger partial charge in [-0.3, -0.25) is 0 Å². The van der Waals surface area contributed by atoms with Gasteiger partial charge in [-0.15, -0.1) is 0 Å². The number of nitrogens with zero attached hydrogens (tertiary/aromatic N) is 1. The van der Waals surface area contributed by atoms with E-state index in [1.54, 1.807) is 0 Å². The van der Waals surface area contributed by atoms with Crippen LogP contribution in [-0.2, 0) is 15.6 Å². The van der Waals surface area contributed by atoms with Crippen molar-refractivity contribution in [1.29, 1.82) is 0 Å². The number of aliphatic imine (C=N–C) groups is 1. The van der Waals surface area contributed by atoms with Crippen molar-refractivity contribution < 1.29 is 14.9 Å². The van der Waals surface area contributed by atoms with Crippen LogP contribution in [0.25, 0.3) is 0 Å². The number of aliphatic hydroxyl groups is 2. The van der Waals surface area contributed by atoms with Crippen molar-refractivity contribution in [2.75, 3.05) is 13.2 Å². The smallest absolute Gasteiger partial charge is 0.216 e. The minimum atomic E-state index is -0.823. The van der Waals surface area contributed by atoms with Gasteiger partial charge in [0.15, 0.2) is 0 Å². The molecule has 0 saturated carbocycles. The Labute approximate surface area is 158 Å². The van der Waals surface area contributed by atoms with E-state index in [2.05, 4.69) is 39.0 Å². The van der Waals surface area contributed by atoms with E-state index in [9.17, 15) is 10.2 Å². The van der Waals surface area contributed by atoms with Crippen LogP contribution in [0.5, 0.6) is 0 Å². The zero-order valence-corrected chi connectivity index (χ0v) is 17.4. The molecule has 0 amide bonds. The van der Waals surface area contributed by atoms with Crippen LogP contribution < -0.4 is 0 Å². The van der Waals surface area contributed by atoms with E-state index >= 15 is 0 Å². The Balaban J connectivity index is 2.51. The Morgan fingerprint density at radius 2 is 1.62 bits per heavy atom. The van der Waals surface area contributed by atoms with Gasteiger partial charge in [0.05, 0.1) is 12.2 Å². The Kier molecular flexibility index (Phi) is 5.89. The van der Waals surface area contributed by atoms with E-state index < -0.39 is 5.60 Å². The number of rotatable bonds is 6. The first-order valence-corrected chi connectivity index (χ1v) is 9.67. The van der Waals surface area contributed by atoms with E-state index in [0.717, 1.165) is 11.1 Å². The SMILES string of the molecule is CCC(O)(CC)[C@@H]1COC(c2cc(C(C)(C)C)cc(C(C)(C)CO)c2)=N1. The maximum atomic E-state index is 10.8. The topological polar surface area (TPSA) is 62.0 Å². The molecule has 1 aromatic rings. The third kappa shape index (κ3) is 4.12. The molecule has 0 bridgehead atoms. The van der Waals surface area contributed by atoms with Gasteiger partial charge in [0.2, 0.25) is 5.90 Å². The number of hydrogen-bond acceptors (Lipinski definition) is 4. The van der Waals surface area contributed by atoms with Crippen molar-refractivity contribution in [3.63, 3.8) is 0 Å². The average molecular weight is 362 g/mol. The first kappa shape index (κ1) is 20.9. The predicted molar refractivity (Wildman–Crippen MR) is 107 cm³/mol. The van der Waals surface area contributed by atoms with E-state index in [-0.39, 0.29) is 23.5 Å². The molecule has 26 heavy (non-hydrogen) atoms. The summed E-state index contributed by atoms with van der Waals surface area (Å²) in [6.07, 6.45) is 1.30. The molecule has 146 valence electrons. The second-order valence-corrected chi connectivity index (χ2v) is 9.16. The van der Waals surface area contributed by atoms with Gasteiger partial charge in [-0.2, -0.15) is 0 Å². The number of aliphatic hydroxyl groups excluding tert-OH is 1. The summed E-state index contributed by atoms with van der Waals surface area (Å²) < 4.78 is 5.90. The summed E-state index contributed by atoms with van der Waals surface area (Å²) >= 11 is 0. The Bertz CT molecular complexity index is 666. The molecular weight excluding hydrogens is 326 g/mol. The van der Waals surface area contributed by atoms with Gasteiger partial charge in [0.25, 0.3) is 0 Å². The van der Waals surface area contributed by atoms with E-state index in [1.807, 2.05) is 27.7 Å². The number of ether oxygens (including phenoxy) is 1. The summed E-state index contributed by atoms with van der Waals surface area (Å²) in [5.74, 6) is 0.594. The van der Waals surface area contributed by atoms with Crippen LogP contribution in [-0.4, -0.2) is 41.0 Å². The van der Waals surface area contributed by atoms with Gasteiger partial charge in [-0.05, 0) is 41.5 Å². The van der Waals surface area contributed by atoms with Crippen molar-refractivity contribution in [3.8, 4) is 0 Å². The van der Waals surface area contributed by atoms with Gasteiger partial charge in [-0.1, -0.05) is 54.5 Å². The third-order valence-corrected chi connectivity index (χ3v) is 5.72. The standard InChI is InChI=1S/C22H35NO3/c1-8-22(25,9-2)18-13-26-19(23-18)15-10-16(20(3,4)5)12-17(11-15)21(6,7)14-24/h10-12,18,24-25H,8-9,13-14H2,1-7H3/t18-/m0/s1. The summed E-state index contributed by atoms with van der Waals surface area (Å²) in [4.78, 5) is 4.73. The zero-order chi connectivity index (χ0) is 19.8. The van der Waals surface area contributed by atoms with E-state index in [4.69, 9.17) is 9.73 Å². The number of hydrogen-bond donors (Lipinski definition) is 2. The molecular formula is C22H35NO3. The lowest BCUT2D eigenvalue weighted by Gasteiger charge is -2.28. The van der Waals surface area contributed by atoms with Crippen LogP contribution in [0, 0.1) is 0 Å². The third-order valence-electron chi connectivity index (χ3n) is 5.72. The summed E-state index contributed by atoms with van der Waals surface area (Å²) in [7, 11) is 0. The van der Waals surface area contributed by atoms with Gasteiger partial charge in [-0.25, -0.2) is 4.99 Å². The molecule has 1 heterocycles. The van der Waals surface area contributed by atoms with Crippen LogP contribution in [0.2, 0.25) is 0 Å². The van der Waals surface area contributed by atoms with Crippen molar-refractivity contribution in [2.45, 2.75) is 83.8 Å². The Morgan fingerprint density at radius 1 is 1.04 bits per heavy atom. The minimum Gasteiger partial charge on any atom is -0.475 e. The molecule has 0 aromatic heterocycles. The van der Waals surface area contributed by atoms with Crippen LogP contribution in [0.1, 0.15) is 78.0 Å². The first-order chi connectivity index (χ1) is 12.0. The molecule has 1 aromatic carbocycles. The molecule has 1 aliphatic rings. The van der Waals surface area contributed by atoms with Crippen LogP contribution in [0.4, 0.5) is 0 Å². The molecule has 0 radical (unpaired) electrons. The lowest BCUT2D eigenvalue weighted by Crippen LogP contribution is -2.40. The predicted octanol–water partition coefficient (Wildman–Crippen LogP) is 3.95. The highest BCUT2D eigenvalue weighted by molar-refractivity contribution is 5.95. The molecule has 0 aliphatic carbocycles. The maximum Gasteiger partial charge on any atom is 0.216 e.